The number of hydrogen-bond donors (Lipinski definition) is 2. The molecule has 0 unspecified atom stereocenters. The van der Waals surface area contributed by atoms with E-state index in [0.29, 0.717) is 23.0 Å². The molecule has 1 aromatic carbocycles. The van der Waals surface area contributed by atoms with Crippen molar-refractivity contribution in [1.82, 2.24) is 15.3 Å². The number of nitrogens with one attached hydrogen (secondary N) is 2. The first kappa shape index (κ1) is 17.9. The molecule has 1 saturated heterocycles. The Labute approximate surface area is 158 Å². The van der Waals surface area contributed by atoms with Gasteiger partial charge in [-0.1, -0.05) is 30.3 Å². The number of benzene rings is 1. The molecule has 0 bridgehead atoms. The number of amides is 1. The number of aromatic nitrogens is 2. The predicted molar refractivity (Wildman–Crippen MR) is 101 cm³/mol. The number of hydrogen-bond acceptors (Lipinski definition) is 4. The zero-order chi connectivity index (χ0) is 19.0. The number of aryl methyl sites for hydroxylation is 2. The molecule has 1 aliphatic carbocycles. The van der Waals surface area contributed by atoms with Crippen molar-refractivity contribution in [3.63, 3.8) is 0 Å². The molecule has 4 rings (SSSR count). The summed E-state index contributed by atoms with van der Waals surface area (Å²) in [6.07, 6.45) is 2.15. The summed E-state index contributed by atoms with van der Waals surface area (Å²) in [5.74, 6) is 1.09. The topological polar surface area (TPSA) is 84.1 Å². The fraction of sp³-hybridized carbons (Fsp3) is 0.476. The first-order chi connectivity index (χ1) is 13.0. The van der Waals surface area contributed by atoms with Gasteiger partial charge in [-0.15, -0.1) is 0 Å². The number of fused-ring (bicyclic) bond motifs is 1. The van der Waals surface area contributed by atoms with Gasteiger partial charge in [-0.25, -0.2) is 4.98 Å². The zero-order valence-electron chi connectivity index (χ0n) is 15.7. The molecule has 1 amide bonds. The number of carbonyl (C=O) groups excluding carboxylic acids is 1. The van der Waals surface area contributed by atoms with E-state index in [1.54, 1.807) is 13.8 Å². The molecular weight excluding hydrogens is 342 g/mol. The van der Waals surface area contributed by atoms with Gasteiger partial charge in [0.1, 0.15) is 5.82 Å². The molecule has 142 valence electrons. The van der Waals surface area contributed by atoms with Crippen LogP contribution in [0, 0.1) is 25.7 Å². The SMILES string of the molecule is Cc1nc(C)c(CC(=O)N[C@@H]2[C@@H](Cc3ccccc3)[C@H]3OCC[C@@H]23)c(=O)[nH]1. The van der Waals surface area contributed by atoms with Crippen LogP contribution in [-0.4, -0.2) is 34.6 Å². The highest BCUT2D eigenvalue weighted by Gasteiger charge is 2.53. The summed E-state index contributed by atoms with van der Waals surface area (Å²) in [5.41, 5.74) is 2.08. The molecule has 2 aromatic rings. The fourth-order valence-corrected chi connectivity index (χ4v) is 4.53. The molecule has 6 nitrogen and oxygen atoms in total. The van der Waals surface area contributed by atoms with Gasteiger partial charge in [0.15, 0.2) is 0 Å². The van der Waals surface area contributed by atoms with E-state index in [4.69, 9.17) is 4.74 Å². The third kappa shape index (κ3) is 3.54. The second kappa shape index (κ2) is 7.27. The lowest BCUT2D eigenvalue weighted by molar-refractivity contribution is -0.126. The summed E-state index contributed by atoms with van der Waals surface area (Å²) in [6.45, 7) is 4.27. The van der Waals surface area contributed by atoms with Gasteiger partial charge >= 0.3 is 0 Å². The van der Waals surface area contributed by atoms with Crippen LogP contribution in [-0.2, 0) is 22.4 Å². The molecule has 4 atom stereocenters. The lowest BCUT2D eigenvalue weighted by Crippen LogP contribution is -2.62. The predicted octanol–water partition coefficient (Wildman–Crippen LogP) is 1.69. The number of nitrogens with zero attached hydrogens (tertiary/aromatic N) is 1. The highest BCUT2D eigenvalue weighted by molar-refractivity contribution is 5.79. The summed E-state index contributed by atoms with van der Waals surface area (Å²) in [5, 5.41) is 3.18. The van der Waals surface area contributed by atoms with Gasteiger partial charge in [0.05, 0.1) is 12.5 Å². The summed E-state index contributed by atoms with van der Waals surface area (Å²) in [6, 6.07) is 10.4. The number of ether oxygens (including phenoxy) is 1. The minimum atomic E-state index is -0.230. The second-order valence-electron chi connectivity index (χ2n) is 7.63. The Morgan fingerprint density at radius 3 is 2.81 bits per heavy atom. The zero-order valence-corrected chi connectivity index (χ0v) is 15.7. The largest absolute Gasteiger partial charge is 0.377 e. The first-order valence-corrected chi connectivity index (χ1v) is 9.54. The van der Waals surface area contributed by atoms with E-state index in [1.165, 1.54) is 5.56 Å². The Hall–Kier alpha value is -2.47. The third-order valence-electron chi connectivity index (χ3n) is 5.85. The lowest BCUT2D eigenvalue weighted by atomic mass is 9.64. The molecule has 1 aliphatic heterocycles. The van der Waals surface area contributed by atoms with Crippen LogP contribution in [0.3, 0.4) is 0 Å². The second-order valence-corrected chi connectivity index (χ2v) is 7.63. The van der Waals surface area contributed by atoms with Gasteiger partial charge in [0, 0.05) is 35.7 Å². The molecule has 2 N–H and O–H groups in total. The molecule has 1 aromatic heterocycles. The average Bonchev–Trinajstić information content (AvgIpc) is 3.06. The van der Waals surface area contributed by atoms with Crippen LogP contribution in [0.2, 0.25) is 0 Å². The highest BCUT2D eigenvalue weighted by Crippen LogP contribution is 2.45. The number of H-pyrrole nitrogens is 1. The van der Waals surface area contributed by atoms with E-state index in [0.717, 1.165) is 19.4 Å². The Kier molecular flexibility index (Phi) is 4.83. The first-order valence-electron chi connectivity index (χ1n) is 9.54. The van der Waals surface area contributed by atoms with Crippen LogP contribution in [0.5, 0.6) is 0 Å². The van der Waals surface area contributed by atoms with E-state index in [2.05, 4.69) is 27.4 Å². The molecule has 27 heavy (non-hydrogen) atoms. The van der Waals surface area contributed by atoms with E-state index >= 15 is 0 Å². The molecule has 0 spiro atoms. The van der Waals surface area contributed by atoms with Gasteiger partial charge in [0.2, 0.25) is 5.91 Å². The molecule has 2 fully saturated rings. The molecule has 0 radical (unpaired) electrons. The number of rotatable bonds is 5. The van der Waals surface area contributed by atoms with Crippen LogP contribution in [0.4, 0.5) is 0 Å². The third-order valence-corrected chi connectivity index (χ3v) is 5.85. The monoisotopic (exact) mass is 367 g/mol. The van der Waals surface area contributed by atoms with Crippen LogP contribution in [0.15, 0.2) is 35.1 Å². The summed E-state index contributed by atoms with van der Waals surface area (Å²) in [7, 11) is 0. The van der Waals surface area contributed by atoms with Crippen LogP contribution >= 0.6 is 0 Å². The minimum absolute atomic E-state index is 0.0568. The van der Waals surface area contributed by atoms with Gasteiger partial charge < -0.3 is 15.0 Å². The van der Waals surface area contributed by atoms with Gasteiger partial charge in [0.25, 0.3) is 5.56 Å². The van der Waals surface area contributed by atoms with E-state index in [-0.39, 0.29) is 36.0 Å². The van der Waals surface area contributed by atoms with Crippen molar-refractivity contribution in [2.24, 2.45) is 11.8 Å². The van der Waals surface area contributed by atoms with Crippen LogP contribution in [0.1, 0.15) is 29.1 Å². The van der Waals surface area contributed by atoms with Crippen molar-refractivity contribution < 1.29 is 9.53 Å². The maximum absolute atomic E-state index is 12.7. The fourth-order valence-electron chi connectivity index (χ4n) is 4.53. The van der Waals surface area contributed by atoms with E-state index < -0.39 is 0 Å². The van der Waals surface area contributed by atoms with E-state index in [1.807, 2.05) is 18.2 Å². The standard InChI is InChI=1S/C21H25N3O3/c1-12-16(21(26)23-13(2)22-12)11-18(25)24-19-15-8-9-27-20(15)17(19)10-14-6-4-3-5-7-14/h3-7,15,17,19-20H,8-11H2,1-2H3,(H,24,25)(H,22,23,26)/t15-,17+,19-,20-/m0/s1. The normalized spacial score (nSPS) is 26.3. The summed E-state index contributed by atoms with van der Waals surface area (Å²) in [4.78, 5) is 31.8. The van der Waals surface area contributed by atoms with Crippen LogP contribution in [0.25, 0.3) is 0 Å². The summed E-state index contributed by atoms with van der Waals surface area (Å²) >= 11 is 0. The molecular formula is C21H25N3O3. The number of aromatic amines is 1. The van der Waals surface area contributed by atoms with Crippen molar-refractivity contribution in [3.8, 4) is 0 Å². The van der Waals surface area contributed by atoms with Crippen molar-refractivity contribution in [3.05, 3.63) is 63.3 Å². The maximum atomic E-state index is 12.7. The summed E-state index contributed by atoms with van der Waals surface area (Å²) < 4.78 is 5.90. The Morgan fingerprint density at radius 2 is 2.07 bits per heavy atom. The molecule has 2 aliphatic rings. The number of carbonyl (C=O) groups is 1. The minimum Gasteiger partial charge on any atom is -0.377 e. The maximum Gasteiger partial charge on any atom is 0.254 e. The molecule has 6 heteroatoms. The Morgan fingerprint density at radius 1 is 1.30 bits per heavy atom. The van der Waals surface area contributed by atoms with Crippen molar-refractivity contribution in [2.45, 2.75) is 45.3 Å². The van der Waals surface area contributed by atoms with Gasteiger partial charge in [-0.05, 0) is 32.3 Å². The molecule has 2 heterocycles. The van der Waals surface area contributed by atoms with Gasteiger partial charge in [-0.3, -0.25) is 9.59 Å². The van der Waals surface area contributed by atoms with Crippen molar-refractivity contribution in [1.29, 1.82) is 0 Å². The lowest BCUT2D eigenvalue weighted by Gasteiger charge is -2.48. The highest BCUT2D eigenvalue weighted by atomic mass is 16.5. The van der Waals surface area contributed by atoms with E-state index in [9.17, 15) is 9.59 Å². The average molecular weight is 367 g/mol. The van der Waals surface area contributed by atoms with Crippen molar-refractivity contribution in [2.75, 3.05) is 6.61 Å². The Bertz CT molecular complexity index is 893. The van der Waals surface area contributed by atoms with Crippen molar-refractivity contribution >= 4 is 5.91 Å². The van der Waals surface area contributed by atoms with Crippen LogP contribution < -0.4 is 10.9 Å². The van der Waals surface area contributed by atoms with Gasteiger partial charge in [-0.2, -0.15) is 0 Å². The quantitative estimate of drug-likeness (QED) is 0.842. The molecule has 1 saturated carbocycles. The smallest absolute Gasteiger partial charge is 0.254 e. The Balaban J connectivity index is 1.45.